The minimum absolute atomic E-state index is 0.204. The zero-order chi connectivity index (χ0) is 14.8. The molecule has 0 aliphatic carbocycles. The van der Waals surface area contributed by atoms with Gasteiger partial charge in [-0.3, -0.25) is 14.6 Å². The Bertz CT molecular complexity index is 338. The van der Waals surface area contributed by atoms with E-state index in [1.54, 1.807) is 0 Å². The Morgan fingerprint density at radius 3 is 2.15 bits per heavy atom. The standard InChI is InChI=1S/C15H28N2O3/c1-14(2,3)17-8-6-16(7-9-17)12-15(13(18)19)4-10-20-11-5-15/h4-12H2,1-3H3,(H,18,19). The molecule has 0 aromatic rings. The number of hydrogen-bond donors (Lipinski definition) is 1. The van der Waals surface area contributed by atoms with Crippen LogP contribution < -0.4 is 0 Å². The fourth-order valence-corrected chi connectivity index (χ4v) is 3.21. The molecule has 0 aromatic heterocycles. The van der Waals surface area contributed by atoms with Gasteiger partial charge in [-0.05, 0) is 33.6 Å². The van der Waals surface area contributed by atoms with Crippen molar-refractivity contribution in [1.29, 1.82) is 0 Å². The fourth-order valence-electron chi connectivity index (χ4n) is 3.21. The van der Waals surface area contributed by atoms with Crippen molar-refractivity contribution in [3.05, 3.63) is 0 Å². The van der Waals surface area contributed by atoms with Crippen LogP contribution in [0.25, 0.3) is 0 Å². The second-order valence-corrected chi connectivity index (χ2v) is 7.13. The van der Waals surface area contributed by atoms with Gasteiger partial charge in [-0.1, -0.05) is 0 Å². The molecule has 2 heterocycles. The predicted octanol–water partition coefficient (Wildman–Crippen LogP) is 1.28. The van der Waals surface area contributed by atoms with Gasteiger partial charge in [0.1, 0.15) is 0 Å². The Labute approximate surface area is 121 Å². The van der Waals surface area contributed by atoms with Crippen LogP contribution >= 0.6 is 0 Å². The van der Waals surface area contributed by atoms with Crippen molar-refractivity contribution in [2.75, 3.05) is 45.9 Å². The lowest BCUT2D eigenvalue weighted by molar-refractivity contribution is -0.157. The fraction of sp³-hybridized carbons (Fsp3) is 0.933. The lowest BCUT2D eigenvalue weighted by atomic mass is 9.79. The molecule has 0 spiro atoms. The number of carboxylic acid groups (broad SMARTS) is 1. The van der Waals surface area contributed by atoms with Gasteiger partial charge < -0.3 is 9.84 Å². The summed E-state index contributed by atoms with van der Waals surface area (Å²) in [5, 5.41) is 9.61. The summed E-state index contributed by atoms with van der Waals surface area (Å²) in [5.74, 6) is -0.654. The van der Waals surface area contributed by atoms with Crippen LogP contribution in [0.15, 0.2) is 0 Å². The highest BCUT2D eigenvalue weighted by molar-refractivity contribution is 5.75. The number of carboxylic acids is 1. The molecule has 2 fully saturated rings. The molecule has 0 saturated carbocycles. The third-order valence-electron chi connectivity index (χ3n) is 4.75. The van der Waals surface area contributed by atoms with Crippen LogP contribution in [0.1, 0.15) is 33.6 Å². The first-order valence-electron chi connectivity index (χ1n) is 7.62. The second-order valence-electron chi connectivity index (χ2n) is 7.13. The first-order valence-corrected chi connectivity index (χ1v) is 7.62. The third kappa shape index (κ3) is 3.51. The van der Waals surface area contributed by atoms with Crippen molar-refractivity contribution in [2.45, 2.75) is 39.2 Å². The molecule has 0 radical (unpaired) electrons. The van der Waals surface area contributed by atoms with Crippen molar-refractivity contribution >= 4 is 5.97 Å². The molecular formula is C15H28N2O3. The normalized spacial score (nSPS) is 25.6. The molecular weight excluding hydrogens is 256 g/mol. The maximum atomic E-state index is 11.7. The Balaban J connectivity index is 1.92. The molecule has 2 aliphatic heterocycles. The Hall–Kier alpha value is -0.650. The van der Waals surface area contributed by atoms with Gasteiger partial charge in [0, 0.05) is 51.5 Å². The quantitative estimate of drug-likeness (QED) is 0.846. The van der Waals surface area contributed by atoms with Crippen LogP contribution in [0.2, 0.25) is 0 Å². The third-order valence-corrected chi connectivity index (χ3v) is 4.75. The number of nitrogens with zero attached hydrogens (tertiary/aromatic N) is 2. The number of carbonyl (C=O) groups is 1. The highest BCUT2D eigenvalue weighted by Gasteiger charge is 2.42. The highest BCUT2D eigenvalue weighted by atomic mass is 16.5. The Kier molecular flexibility index (Phi) is 4.72. The van der Waals surface area contributed by atoms with Crippen molar-refractivity contribution < 1.29 is 14.6 Å². The van der Waals surface area contributed by atoms with Crippen LogP contribution in [-0.2, 0) is 9.53 Å². The maximum Gasteiger partial charge on any atom is 0.311 e. The summed E-state index contributed by atoms with van der Waals surface area (Å²) < 4.78 is 5.34. The second kappa shape index (κ2) is 6.00. The van der Waals surface area contributed by atoms with Gasteiger partial charge in [0.05, 0.1) is 5.41 Å². The minimum Gasteiger partial charge on any atom is -0.481 e. The first-order chi connectivity index (χ1) is 9.33. The number of rotatable bonds is 3. The highest BCUT2D eigenvalue weighted by Crippen LogP contribution is 2.32. The van der Waals surface area contributed by atoms with Crippen LogP contribution in [0, 0.1) is 5.41 Å². The maximum absolute atomic E-state index is 11.7. The van der Waals surface area contributed by atoms with E-state index in [9.17, 15) is 9.90 Å². The summed E-state index contributed by atoms with van der Waals surface area (Å²) in [6, 6.07) is 0. The molecule has 20 heavy (non-hydrogen) atoms. The van der Waals surface area contributed by atoms with E-state index in [-0.39, 0.29) is 5.54 Å². The first kappa shape index (κ1) is 15.7. The van der Waals surface area contributed by atoms with Crippen molar-refractivity contribution in [3.8, 4) is 0 Å². The average molecular weight is 284 g/mol. The molecule has 0 amide bonds. The summed E-state index contributed by atoms with van der Waals surface area (Å²) in [6.07, 6.45) is 1.28. The van der Waals surface area contributed by atoms with Gasteiger partial charge in [0.2, 0.25) is 0 Å². The Morgan fingerprint density at radius 2 is 1.70 bits per heavy atom. The van der Waals surface area contributed by atoms with Gasteiger partial charge in [0.25, 0.3) is 0 Å². The lowest BCUT2D eigenvalue weighted by Crippen LogP contribution is -2.56. The molecule has 5 nitrogen and oxygen atoms in total. The monoisotopic (exact) mass is 284 g/mol. The summed E-state index contributed by atoms with van der Waals surface area (Å²) in [7, 11) is 0. The van der Waals surface area contributed by atoms with Crippen molar-refractivity contribution in [2.24, 2.45) is 5.41 Å². The molecule has 0 unspecified atom stereocenters. The zero-order valence-corrected chi connectivity index (χ0v) is 13.0. The lowest BCUT2D eigenvalue weighted by Gasteiger charge is -2.45. The molecule has 2 saturated heterocycles. The van der Waals surface area contributed by atoms with E-state index in [1.165, 1.54) is 0 Å². The number of ether oxygens (including phenoxy) is 1. The van der Waals surface area contributed by atoms with E-state index in [4.69, 9.17) is 4.74 Å². The molecule has 0 bridgehead atoms. The number of hydrogen-bond acceptors (Lipinski definition) is 4. The van der Waals surface area contributed by atoms with Crippen molar-refractivity contribution in [1.82, 2.24) is 9.80 Å². The van der Waals surface area contributed by atoms with Gasteiger partial charge in [-0.25, -0.2) is 0 Å². The van der Waals surface area contributed by atoms with Gasteiger partial charge in [-0.2, -0.15) is 0 Å². The smallest absolute Gasteiger partial charge is 0.311 e. The van der Waals surface area contributed by atoms with Crippen LogP contribution in [0.3, 0.4) is 0 Å². The van der Waals surface area contributed by atoms with Crippen LogP contribution in [0.4, 0.5) is 0 Å². The number of piperazine rings is 1. The molecule has 1 N–H and O–H groups in total. The van der Waals surface area contributed by atoms with Gasteiger partial charge in [-0.15, -0.1) is 0 Å². The largest absolute Gasteiger partial charge is 0.481 e. The summed E-state index contributed by atoms with van der Waals surface area (Å²) in [6.45, 7) is 12.5. The van der Waals surface area contributed by atoms with E-state index in [1.807, 2.05) is 0 Å². The van der Waals surface area contributed by atoms with E-state index in [0.29, 0.717) is 32.6 Å². The predicted molar refractivity (Wildman–Crippen MR) is 77.9 cm³/mol. The van der Waals surface area contributed by atoms with Gasteiger partial charge >= 0.3 is 5.97 Å². The van der Waals surface area contributed by atoms with Crippen molar-refractivity contribution in [3.63, 3.8) is 0 Å². The molecule has 0 atom stereocenters. The van der Waals surface area contributed by atoms with E-state index >= 15 is 0 Å². The Morgan fingerprint density at radius 1 is 1.15 bits per heavy atom. The van der Waals surface area contributed by atoms with Crippen LogP contribution in [0.5, 0.6) is 0 Å². The van der Waals surface area contributed by atoms with E-state index in [0.717, 1.165) is 26.2 Å². The molecule has 0 aromatic carbocycles. The van der Waals surface area contributed by atoms with Crippen LogP contribution in [-0.4, -0.2) is 72.4 Å². The SMILES string of the molecule is CC(C)(C)N1CCN(CC2(C(=O)O)CCOCC2)CC1. The zero-order valence-electron chi connectivity index (χ0n) is 13.0. The van der Waals surface area contributed by atoms with E-state index in [2.05, 4.69) is 30.6 Å². The molecule has 2 aliphatic rings. The summed E-state index contributed by atoms with van der Waals surface area (Å²) in [4.78, 5) is 16.5. The molecule has 5 heteroatoms. The summed E-state index contributed by atoms with van der Waals surface area (Å²) >= 11 is 0. The minimum atomic E-state index is -0.654. The topological polar surface area (TPSA) is 53.0 Å². The number of aliphatic carboxylic acids is 1. The van der Waals surface area contributed by atoms with Gasteiger partial charge in [0.15, 0.2) is 0 Å². The van der Waals surface area contributed by atoms with E-state index < -0.39 is 11.4 Å². The average Bonchev–Trinajstić information content (AvgIpc) is 2.39. The molecule has 116 valence electrons. The summed E-state index contributed by atoms with van der Waals surface area (Å²) in [5.41, 5.74) is -0.391. The molecule has 2 rings (SSSR count).